The Morgan fingerprint density at radius 3 is 2.32 bits per heavy atom. The summed E-state index contributed by atoms with van der Waals surface area (Å²) in [6, 6.07) is 16.6. The number of nitrogens with one attached hydrogen (secondary N) is 1. The number of anilines is 1. The van der Waals surface area contributed by atoms with Gasteiger partial charge >= 0.3 is 0 Å². The van der Waals surface area contributed by atoms with Crippen LogP contribution >= 0.6 is 0 Å². The minimum Gasteiger partial charge on any atom is -0.490 e. The summed E-state index contributed by atoms with van der Waals surface area (Å²) in [5.41, 5.74) is 1.31. The molecule has 98 valence electrons. The molecule has 3 nitrogen and oxygen atoms in total. The highest BCUT2D eigenvalue weighted by atomic mass is 16.5. The van der Waals surface area contributed by atoms with Gasteiger partial charge in [-0.3, -0.25) is 4.79 Å². The highest BCUT2D eigenvalue weighted by molar-refractivity contribution is 6.06. The van der Waals surface area contributed by atoms with Gasteiger partial charge in [-0.1, -0.05) is 30.3 Å². The van der Waals surface area contributed by atoms with E-state index in [1.165, 1.54) is 0 Å². The van der Waals surface area contributed by atoms with Gasteiger partial charge in [0.2, 0.25) is 0 Å². The Balaban J connectivity index is 2.19. The Morgan fingerprint density at radius 1 is 1.00 bits per heavy atom. The minimum absolute atomic E-state index is 0.0330. The predicted molar refractivity (Wildman–Crippen MR) is 76.6 cm³/mol. The van der Waals surface area contributed by atoms with E-state index < -0.39 is 0 Å². The molecule has 0 aliphatic carbocycles. The lowest BCUT2D eigenvalue weighted by atomic mass is 10.2. The van der Waals surface area contributed by atoms with E-state index in [-0.39, 0.29) is 12.0 Å². The molecular weight excluding hydrogens is 238 g/mol. The molecule has 0 saturated carbocycles. The summed E-state index contributed by atoms with van der Waals surface area (Å²) < 4.78 is 5.64. The Hall–Kier alpha value is -2.29. The molecular formula is C16H17NO2. The monoisotopic (exact) mass is 255 g/mol. The molecule has 3 heteroatoms. The molecule has 0 aliphatic rings. The van der Waals surface area contributed by atoms with Gasteiger partial charge in [-0.2, -0.15) is 0 Å². The third-order valence-corrected chi connectivity index (χ3v) is 2.53. The Morgan fingerprint density at radius 2 is 1.63 bits per heavy atom. The first-order valence-corrected chi connectivity index (χ1v) is 6.29. The highest BCUT2D eigenvalue weighted by Crippen LogP contribution is 2.20. The summed E-state index contributed by atoms with van der Waals surface area (Å²) in [6.07, 6.45) is 0.0330. The molecule has 0 saturated heterocycles. The van der Waals surface area contributed by atoms with Crippen LogP contribution in [0.5, 0.6) is 5.75 Å². The van der Waals surface area contributed by atoms with E-state index in [2.05, 4.69) is 5.32 Å². The zero-order valence-corrected chi connectivity index (χ0v) is 11.1. The number of para-hydroxylation sites is 2. The van der Waals surface area contributed by atoms with Crippen molar-refractivity contribution in [1.82, 2.24) is 0 Å². The van der Waals surface area contributed by atoms with Gasteiger partial charge in [-0.05, 0) is 38.1 Å². The fourth-order valence-corrected chi connectivity index (χ4v) is 1.73. The molecule has 0 spiro atoms. The van der Waals surface area contributed by atoms with Gasteiger partial charge in [0.15, 0.2) is 0 Å². The van der Waals surface area contributed by atoms with Gasteiger partial charge in [0.1, 0.15) is 5.75 Å². The van der Waals surface area contributed by atoms with Crippen LogP contribution in [0, 0.1) is 0 Å². The van der Waals surface area contributed by atoms with Crippen molar-refractivity contribution in [2.45, 2.75) is 20.0 Å². The topological polar surface area (TPSA) is 38.3 Å². The molecule has 2 aromatic rings. The van der Waals surface area contributed by atoms with Gasteiger partial charge in [0, 0.05) is 5.69 Å². The summed E-state index contributed by atoms with van der Waals surface area (Å²) in [6.45, 7) is 3.87. The van der Waals surface area contributed by atoms with E-state index in [9.17, 15) is 4.79 Å². The van der Waals surface area contributed by atoms with Crippen LogP contribution in [0.2, 0.25) is 0 Å². The van der Waals surface area contributed by atoms with Gasteiger partial charge in [-0.25, -0.2) is 0 Å². The van der Waals surface area contributed by atoms with E-state index in [1.54, 1.807) is 12.1 Å². The second-order valence-electron chi connectivity index (χ2n) is 4.48. The summed E-state index contributed by atoms with van der Waals surface area (Å²) in [7, 11) is 0. The number of carbonyl (C=O) groups is 1. The number of rotatable bonds is 4. The third kappa shape index (κ3) is 3.58. The van der Waals surface area contributed by atoms with Crippen LogP contribution in [0.4, 0.5) is 5.69 Å². The first-order valence-electron chi connectivity index (χ1n) is 6.29. The summed E-state index contributed by atoms with van der Waals surface area (Å²) in [5.74, 6) is 0.438. The molecule has 0 atom stereocenters. The number of hydrogen-bond acceptors (Lipinski definition) is 2. The predicted octanol–water partition coefficient (Wildman–Crippen LogP) is 3.73. The zero-order chi connectivity index (χ0) is 13.7. The van der Waals surface area contributed by atoms with Crippen molar-refractivity contribution >= 4 is 11.6 Å². The number of benzene rings is 2. The number of hydrogen-bond donors (Lipinski definition) is 1. The maximum atomic E-state index is 12.2. The summed E-state index contributed by atoms with van der Waals surface area (Å²) >= 11 is 0. The lowest BCUT2D eigenvalue weighted by molar-refractivity contribution is 0.102. The summed E-state index contributed by atoms with van der Waals surface area (Å²) in [5, 5.41) is 2.85. The van der Waals surface area contributed by atoms with E-state index in [0.29, 0.717) is 11.3 Å². The normalized spacial score (nSPS) is 10.3. The molecule has 0 unspecified atom stereocenters. The zero-order valence-electron chi connectivity index (χ0n) is 11.1. The van der Waals surface area contributed by atoms with Crippen LogP contribution in [0.3, 0.4) is 0 Å². The van der Waals surface area contributed by atoms with Crippen molar-refractivity contribution in [3.8, 4) is 5.75 Å². The largest absolute Gasteiger partial charge is 0.490 e. The number of ether oxygens (including phenoxy) is 1. The summed E-state index contributed by atoms with van der Waals surface area (Å²) in [4.78, 5) is 12.2. The lowest BCUT2D eigenvalue weighted by Gasteiger charge is -2.14. The van der Waals surface area contributed by atoms with Crippen LogP contribution in [0.1, 0.15) is 24.2 Å². The second-order valence-corrected chi connectivity index (χ2v) is 4.48. The molecule has 0 heterocycles. The maximum Gasteiger partial charge on any atom is 0.259 e. The Bertz CT molecular complexity index is 550. The van der Waals surface area contributed by atoms with Gasteiger partial charge in [0.05, 0.1) is 11.7 Å². The number of amides is 1. The van der Waals surface area contributed by atoms with Crippen molar-refractivity contribution in [1.29, 1.82) is 0 Å². The van der Waals surface area contributed by atoms with E-state index >= 15 is 0 Å². The van der Waals surface area contributed by atoms with Crippen LogP contribution in [-0.4, -0.2) is 12.0 Å². The van der Waals surface area contributed by atoms with Crippen LogP contribution in [-0.2, 0) is 0 Å². The standard InChI is InChI=1S/C16H17NO2/c1-12(2)19-15-11-7-6-10-14(15)16(18)17-13-8-4-3-5-9-13/h3-12H,1-2H3,(H,17,18). The SMILES string of the molecule is CC(C)Oc1ccccc1C(=O)Nc1ccccc1. The average Bonchev–Trinajstić information content (AvgIpc) is 2.39. The smallest absolute Gasteiger partial charge is 0.259 e. The molecule has 19 heavy (non-hydrogen) atoms. The molecule has 0 aromatic heterocycles. The first-order chi connectivity index (χ1) is 9.16. The fourth-order valence-electron chi connectivity index (χ4n) is 1.73. The van der Waals surface area contributed by atoms with Crippen molar-refractivity contribution in [3.63, 3.8) is 0 Å². The van der Waals surface area contributed by atoms with E-state index in [4.69, 9.17) is 4.74 Å². The molecule has 1 N–H and O–H groups in total. The molecule has 0 fully saturated rings. The average molecular weight is 255 g/mol. The molecule has 0 radical (unpaired) electrons. The Labute approximate surface area is 113 Å². The van der Waals surface area contributed by atoms with Gasteiger partial charge in [0.25, 0.3) is 5.91 Å². The van der Waals surface area contributed by atoms with E-state index in [0.717, 1.165) is 5.69 Å². The molecule has 2 aromatic carbocycles. The number of carbonyl (C=O) groups excluding carboxylic acids is 1. The van der Waals surface area contributed by atoms with Crippen LogP contribution in [0.25, 0.3) is 0 Å². The van der Waals surface area contributed by atoms with Crippen molar-refractivity contribution in [2.24, 2.45) is 0 Å². The van der Waals surface area contributed by atoms with Gasteiger partial charge in [-0.15, -0.1) is 0 Å². The fraction of sp³-hybridized carbons (Fsp3) is 0.188. The molecule has 2 rings (SSSR count). The Kier molecular flexibility index (Phi) is 4.18. The maximum absolute atomic E-state index is 12.2. The van der Waals surface area contributed by atoms with Crippen molar-refractivity contribution < 1.29 is 9.53 Å². The van der Waals surface area contributed by atoms with E-state index in [1.807, 2.05) is 56.3 Å². The van der Waals surface area contributed by atoms with Crippen LogP contribution in [0.15, 0.2) is 54.6 Å². The quantitative estimate of drug-likeness (QED) is 0.904. The van der Waals surface area contributed by atoms with Gasteiger partial charge < -0.3 is 10.1 Å². The minimum atomic E-state index is -0.164. The molecule has 0 aliphatic heterocycles. The highest BCUT2D eigenvalue weighted by Gasteiger charge is 2.12. The molecule has 1 amide bonds. The van der Waals surface area contributed by atoms with Crippen LogP contribution < -0.4 is 10.1 Å². The van der Waals surface area contributed by atoms with Crippen molar-refractivity contribution in [3.05, 3.63) is 60.2 Å². The van der Waals surface area contributed by atoms with Crippen molar-refractivity contribution in [2.75, 3.05) is 5.32 Å². The molecule has 0 bridgehead atoms. The lowest BCUT2D eigenvalue weighted by Crippen LogP contribution is -2.15. The third-order valence-electron chi connectivity index (χ3n) is 2.53. The first kappa shape index (κ1) is 13.1. The second kappa shape index (κ2) is 6.05.